The SMILES string of the molecule is C[C@]12C/C(=C/F)CN1CCC21CC1. The molecule has 0 amide bonds. The van der Waals surface area contributed by atoms with Crippen LogP contribution in [0.25, 0.3) is 0 Å². The van der Waals surface area contributed by atoms with E-state index in [1.54, 1.807) is 0 Å². The molecule has 0 aromatic heterocycles. The van der Waals surface area contributed by atoms with Gasteiger partial charge in [-0.05, 0) is 50.1 Å². The Hall–Kier alpha value is -0.370. The Bertz CT molecular complexity index is 280. The summed E-state index contributed by atoms with van der Waals surface area (Å²) in [6.07, 6.45) is 5.91. The van der Waals surface area contributed by atoms with E-state index < -0.39 is 0 Å². The normalized spacial score (nSPS) is 44.6. The van der Waals surface area contributed by atoms with E-state index >= 15 is 0 Å². The van der Waals surface area contributed by atoms with E-state index in [0.29, 0.717) is 11.0 Å². The molecule has 2 heteroatoms. The lowest BCUT2D eigenvalue weighted by molar-refractivity contribution is 0.159. The molecule has 0 aromatic rings. The molecule has 1 saturated carbocycles. The number of hydrogen-bond donors (Lipinski definition) is 0. The van der Waals surface area contributed by atoms with Gasteiger partial charge in [-0.1, -0.05) is 0 Å². The molecular formula is C11H16FN. The Morgan fingerprint density at radius 3 is 2.77 bits per heavy atom. The third kappa shape index (κ3) is 0.804. The summed E-state index contributed by atoms with van der Waals surface area (Å²) < 4.78 is 12.5. The van der Waals surface area contributed by atoms with Gasteiger partial charge in [-0.3, -0.25) is 4.90 Å². The molecule has 2 saturated heterocycles. The summed E-state index contributed by atoms with van der Waals surface area (Å²) in [7, 11) is 0. The molecule has 1 aliphatic carbocycles. The molecule has 0 unspecified atom stereocenters. The van der Waals surface area contributed by atoms with Crippen molar-refractivity contribution in [2.75, 3.05) is 13.1 Å². The average molecular weight is 181 g/mol. The summed E-state index contributed by atoms with van der Waals surface area (Å²) in [5.74, 6) is 0. The van der Waals surface area contributed by atoms with Gasteiger partial charge in [-0.15, -0.1) is 0 Å². The van der Waals surface area contributed by atoms with Crippen LogP contribution in [0.1, 0.15) is 32.6 Å². The summed E-state index contributed by atoms with van der Waals surface area (Å²) in [5.41, 5.74) is 1.90. The van der Waals surface area contributed by atoms with Gasteiger partial charge in [-0.2, -0.15) is 0 Å². The van der Waals surface area contributed by atoms with E-state index in [4.69, 9.17) is 0 Å². The van der Waals surface area contributed by atoms with Crippen molar-refractivity contribution in [1.82, 2.24) is 4.90 Å². The highest BCUT2D eigenvalue weighted by Crippen LogP contribution is 2.66. The largest absolute Gasteiger partial charge is 0.293 e. The highest BCUT2D eigenvalue weighted by molar-refractivity contribution is 5.27. The van der Waals surface area contributed by atoms with Crippen LogP contribution in [0.2, 0.25) is 0 Å². The van der Waals surface area contributed by atoms with Crippen LogP contribution in [0, 0.1) is 5.41 Å². The van der Waals surface area contributed by atoms with Crippen LogP contribution in [0.5, 0.6) is 0 Å². The molecule has 0 N–H and O–H groups in total. The van der Waals surface area contributed by atoms with Gasteiger partial charge in [0, 0.05) is 12.1 Å². The van der Waals surface area contributed by atoms with Gasteiger partial charge in [0.25, 0.3) is 0 Å². The maximum Gasteiger partial charge on any atom is 0.0872 e. The first-order valence-electron chi connectivity index (χ1n) is 5.23. The van der Waals surface area contributed by atoms with Crippen molar-refractivity contribution in [1.29, 1.82) is 0 Å². The van der Waals surface area contributed by atoms with Gasteiger partial charge < -0.3 is 0 Å². The topological polar surface area (TPSA) is 3.24 Å². The van der Waals surface area contributed by atoms with Crippen molar-refractivity contribution in [3.63, 3.8) is 0 Å². The van der Waals surface area contributed by atoms with Crippen LogP contribution < -0.4 is 0 Å². The minimum atomic E-state index is 0.310. The van der Waals surface area contributed by atoms with Crippen molar-refractivity contribution >= 4 is 0 Å². The average Bonchev–Trinajstić information content (AvgIpc) is 2.78. The van der Waals surface area contributed by atoms with Crippen molar-refractivity contribution < 1.29 is 4.39 Å². The molecule has 0 bridgehead atoms. The fourth-order valence-corrected chi connectivity index (χ4v) is 3.51. The molecule has 3 fully saturated rings. The monoisotopic (exact) mass is 181 g/mol. The van der Waals surface area contributed by atoms with Crippen LogP contribution in [-0.2, 0) is 0 Å². The predicted molar refractivity (Wildman–Crippen MR) is 50.1 cm³/mol. The van der Waals surface area contributed by atoms with Crippen LogP contribution in [0.4, 0.5) is 4.39 Å². The zero-order valence-corrected chi connectivity index (χ0v) is 8.15. The Morgan fingerprint density at radius 2 is 2.15 bits per heavy atom. The van der Waals surface area contributed by atoms with Gasteiger partial charge in [0.2, 0.25) is 0 Å². The second-order valence-electron chi connectivity index (χ2n) is 5.17. The zero-order chi connectivity index (χ0) is 9.10. The number of fused-ring (bicyclic) bond motifs is 2. The minimum Gasteiger partial charge on any atom is -0.293 e. The first kappa shape index (κ1) is 7.98. The lowest BCUT2D eigenvalue weighted by Gasteiger charge is -2.33. The quantitative estimate of drug-likeness (QED) is 0.555. The fourth-order valence-electron chi connectivity index (χ4n) is 3.51. The van der Waals surface area contributed by atoms with Gasteiger partial charge in [0.15, 0.2) is 0 Å². The zero-order valence-electron chi connectivity index (χ0n) is 8.15. The third-order valence-electron chi connectivity index (χ3n) is 4.67. The van der Waals surface area contributed by atoms with E-state index in [9.17, 15) is 4.39 Å². The smallest absolute Gasteiger partial charge is 0.0872 e. The van der Waals surface area contributed by atoms with Gasteiger partial charge in [0.05, 0.1) is 6.33 Å². The molecule has 1 atom stereocenters. The minimum absolute atomic E-state index is 0.310. The maximum atomic E-state index is 12.5. The summed E-state index contributed by atoms with van der Waals surface area (Å²) in [6.45, 7) is 4.41. The van der Waals surface area contributed by atoms with E-state index in [2.05, 4.69) is 11.8 Å². The predicted octanol–water partition coefficient (Wildman–Crippen LogP) is 2.49. The molecule has 3 aliphatic rings. The second-order valence-corrected chi connectivity index (χ2v) is 5.17. The molecule has 1 nitrogen and oxygen atoms in total. The van der Waals surface area contributed by atoms with Crippen molar-refractivity contribution in [2.45, 2.75) is 38.1 Å². The third-order valence-corrected chi connectivity index (χ3v) is 4.67. The second kappa shape index (κ2) is 2.17. The summed E-state index contributed by atoms with van der Waals surface area (Å²) in [6, 6.07) is 0. The summed E-state index contributed by atoms with van der Waals surface area (Å²) in [5, 5.41) is 0. The van der Waals surface area contributed by atoms with Gasteiger partial charge >= 0.3 is 0 Å². The molecule has 3 rings (SSSR count). The Labute approximate surface area is 78.6 Å². The molecule has 72 valence electrons. The first-order valence-corrected chi connectivity index (χ1v) is 5.23. The number of hydrogen-bond acceptors (Lipinski definition) is 1. The molecule has 13 heavy (non-hydrogen) atoms. The summed E-state index contributed by atoms with van der Waals surface area (Å²) >= 11 is 0. The van der Waals surface area contributed by atoms with Crippen LogP contribution in [-0.4, -0.2) is 23.5 Å². The van der Waals surface area contributed by atoms with Crippen LogP contribution >= 0.6 is 0 Å². The molecule has 0 aromatic carbocycles. The Balaban J connectivity index is 1.96. The van der Waals surface area contributed by atoms with Crippen LogP contribution in [0.3, 0.4) is 0 Å². The van der Waals surface area contributed by atoms with Crippen LogP contribution in [0.15, 0.2) is 11.9 Å². The molecular weight excluding hydrogens is 165 g/mol. The highest BCUT2D eigenvalue weighted by Gasteiger charge is 2.64. The van der Waals surface area contributed by atoms with Gasteiger partial charge in [0.1, 0.15) is 0 Å². The summed E-state index contributed by atoms with van der Waals surface area (Å²) in [4.78, 5) is 2.49. The van der Waals surface area contributed by atoms with E-state index in [1.165, 1.54) is 25.8 Å². The van der Waals surface area contributed by atoms with E-state index in [-0.39, 0.29) is 0 Å². The molecule has 0 radical (unpaired) electrons. The molecule has 1 spiro atoms. The number of halogens is 1. The first-order chi connectivity index (χ1) is 6.20. The van der Waals surface area contributed by atoms with Crippen molar-refractivity contribution in [3.8, 4) is 0 Å². The fraction of sp³-hybridized carbons (Fsp3) is 0.818. The molecule has 2 aliphatic heterocycles. The number of nitrogens with zero attached hydrogens (tertiary/aromatic N) is 1. The standard InChI is InChI=1S/C11H16FN/c1-10-6-9(7-12)8-13(10)5-4-11(10)2-3-11/h7H,2-6,8H2,1H3/b9-7-/t10-/m1/s1. The van der Waals surface area contributed by atoms with Gasteiger partial charge in [-0.25, -0.2) is 4.39 Å². The highest BCUT2D eigenvalue weighted by atomic mass is 19.1. The lowest BCUT2D eigenvalue weighted by atomic mass is 9.81. The lowest BCUT2D eigenvalue weighted by Crippen LogP contribution is -2.40. The molecule has 2 heterocycles. The van der Waals surface area contributed by atoms with E-state index in [1.807, 2.05) is 0 Å². The maximum absolute atomic E-state index is 12.5. The van der Waals surface area contributed by atoms with Crippen molar-refractivity contribution in [2.24, 2.45) is 5.41 Å². The van der Waals surface area contributed by atoms with Crippen molar-refractivity contribution in [3.05, 3.63) is 11.9 Å². The Kier molecular flexibility index (Phi) is 1.33. The number of rotatable bonds is 0. The van der Waals surface area contributed by atoms with E-state index in [0.717, 1.165) is 24.9 Å². The Morgan fingerprint density at radius 1 is 1.38 bits per heavy atom.